The van der Waals surface area contributed by atoms with E-state index in [-0.39, 0.29) is 0 Å². The molecule has 0 amide bonds. The van der Waals surface area contributed by atoms with Crippen molar-refractivity contribution in [2.75, 3.05) is 19.8 Å². The quantitative estimate of drug-likeness (QED) is 0.496. The Morgan fingerprint density at radius 3 is 2.32 bits per heavy atom. The zero-order valence-corrected chi connectivity index (χ0v) is 13.5. The van der Waals surface area contributed by atoms with Gasteiger partial charge in [0.15, 0.2) is 0 Å². The molecule has 2 heteroatoms. The van der Waals surface area contributed by atoms with Gasteiger partial charge in [0.1, 0.15) is 0 Å². The van der Waals surface area contributed by atoms with Crippen LogP contribution in [0.2, 0.25) is 0 Å². The second-order valence-electron chi connectivity index (χ2n) is 6.33. The van der Waals surface area contributed by atoms with Gasteiger partial charge in [-0.1, -0.05) is 40.0 Å². The molecule has 1 aliphatic carbocycles. The van der Waals surface area contributed by atoms with Gasteiger partial charge in [-0.25, -0.2) is 0 Å². The van der Waals surface area contributed by atoms with E-state index in [9.17, 15) is 0 Å². The average Bonchev–Trinajstić information content (AvgIpc) is 3.25. The van der Waals surface area contributed by atoms with Crippen LogP contribution in [0.3, 0.4) is 0 Å². The van der Waals surface area contributed by atoms with E-state index in [0.717, 1.165) is 19.3 Å². The Hall–Kier alpha value is -0.0800. The summed E-state index contributed by atoms with van der Waals surface area (Å²) in [5, 5.41) is 3.75. The largest absolute Gasteiger partial charge is 0.381 e. The summed E-state index contributed by atoms with van der Waals surface area (Å²) in [6, 6.07) is 0.827. The minimum Gasteiger partial charge on any atom is -0.381 e. The zero-order valence-electron chi connectivity index (χ0n) is 13.5. The summed E-state index contributed by atoms with van der Waals surface area (Å²) < 4.78 is 5.81. The average molecular weight is 269 g/mol. The van der Waals surface area contributed by atoms with Crippen molar-refractivity contribution < 1.29 is 4.74 Å². The number of nitrogens with one attached hydrogen (secondary N) is 1. The Morgan fingerprint density at radius 1 is 1.00 bits per heavy atom. The third kappa shape index (κ3) is 7.31. The molecule has 1 rings (SSSR count). The maximum Gasteiger partial charge on any atom is 0.0471 e. The summed E-state index contributed by atoms with van der Waals surface area (Å²) in [6.45, 7) is 9.97. The number of hydrogen-bond donors (Lipinski definition) is 1. The predicted molar refractivity (Wildman–Crippen MR) is 83.6 cm³/mol. The number of unbranched alkanes of at least 4 members (excludes halogenated alkanes) is 2. The third-order valence-corrected chi connectivity index (χ3v) is 4.57. The topological polar surface area (TPSA) is 21.3 Å². The molecule has 0 aromatic carbocycles. The molecule has 0 aromatic rings. The van der Waals surface area contributed by atoms with E-state index < -0.39 is 0 Å². The molecule has 114 valence electrons. The van der Waals surface area contributed by atoms with Gasteiger partial charge in [-0.3, -0.25) is 0 Å². The van der Waals surface area contributed by atoms with Gasteiger partial charge in [-0.2, -0.15) is 0 Å². The van der Waals surface area contributed by atoms with Gasteiger partial charge in [0.05, 0.1) is 0 Å². The Balaban J connectivity index is 2.30. The highest BCUT2D eigenvalue weighted by Crippen LogP contribution is 2.33. The van der Waals surface area contributed by atoms with E-state index in [0.29, 0.717) is 5.41 Å². The van der Waals surface area contributed by atoms with E-state index in [2.05, 4.69) is 26.1 Å². The molecule has 2 nitrogen and oxygen atoms in total. The lowest BCUT2D eigenvalue weighted by atomic mass is 9.77. The van der Waals surface area contributed by atoms with Crippen molar-refractivity contribution in [1.82, 2.24) is 5.32 Å². The minimum absolute atomic E-state index is 0.477. The van der Waals surface area contributed by atoms with Gasteiger partial charge in [0.2, 0.25) is 0 Å². The molecule has 0 radical (unpaired) electrons. The van der Waals surface area contributed by atoms with Crippen molar-refractivity contribution in [3.63, 3.8) is 0 Å². The maximum absolute atomic E-state index is 5.81. The van der Waals surface area contributed by atoms with E-state index in [1.807, 2.05) is 0 Å². The first kappa shape index (κ1) is 17.0. The summed E-state index contributed by atoms with van der Waals surface area (Å²) in [6.07, 6.45) is 11.7. The Bertz CT molecular complexity index is 215. The van der Waals surface area contributed by atoms with E-state index >= 15 is 0 Å². The molecule has 1 fully saturated rings. The van der Waals surface area contributed by atoms with Crippen LogP contribution in [0, 0.1) is 5.41 Å². The highest BCUT2D eigenvalue weighted by molar-refractivity contribution is 4.87. The normalized spacial score (nSPS) is 18.5. The van der Waals surface area contributed by atoms with Gasteiger partial charge < -0.3 is 10.1 Å². The van der Waals surface area contributed by atoms with Gasteiger partial charge in [0.25, 0.3) is 0 Å². The smallest absolute Gasteiger partial charge is 0.0471 e. The van der Waals surface area contributed by atoms with Gasteiger partial charge in [-0.15, -0.1) is 0 Å². The number of rotatable bonds is 13. The van der Waals surface area contributed by atoms with Crippen molar-refractivity contribution in [1.29, 1.82) is 0 Å². The molecule has 1 aliphatic rings. The molecular formula is C17H35NO. The van der Waals surface area contributed by atoms with Crippen LogP contribution >= 0.6 is 0 Å². The van der Waals surface area contributed by atoms with Crippen molar-refractivity contribution in [2.45, 2.75) is 84.6 Å². The van der Waals surface area contributed by atoms with Crippen LogP contribution in [0.1, 0.15) is 78.6 Å². The fraction of sp³-hybridized carbons (Fsp3) is 1.00. The van der Waals surface area contributed by atoms with Crippen LogP contribution < -0.4 is 5.32 Å². The standard InChI is InChI=1S/C17H35NO/c1-4-7-11-17(6-3,15-18-16-9-10-16)12-14-19-13-8-5-2/h16,18H,4-15H2,1-3H3. The Kier molecular flexibility index (Phi) is 8.72. The summed E-state index contributed by atoms with van der Waals surface area (Å²) in [4.78, 5) is 0. The molecule has 1 N–H and O–H groups in total. The predicted octanol–water partition coefficient (Wildman–Crippen LogP) is 4.53. The van der Waals surface area contributed by atoms with Gasteiger partial charge >= 0.3 is 0 Å². The molecule has 19 heavy (non-hydrogen) atoms. The first-order valence-corrected chi connectivity index (χ1v) is 8.57. The Morgan fingerprint density at radius 2 is 1.74 bits per heavy atom. The van der Waals surface area contributed by atoms with Crippen LogP contribution in [0.5, 0.6) is 0 Å². The van der Waals surface area contributed by atoms with Crippen LogP contribution in [-0.4, -0.2) is 25.8 Å². The van der Waals surface area contributed by atoms with Crippen molar-refractivity contribution in [3.8, 4) is 0 Å². The summed E-state index contributed by atoms with van der Waals surface area (Å²) in [5.74, 6) is 0. The SMILES string of the molecule is CCCCOCCC(CC)(CCCC)CNC1CC1. The molecule has 0 aromatic heterocycles. The summed E-state index contributed by atoms with van der Waals surface area (Å²) in [7, 11) is 0. The lowest BCUT2D eigenvalue weighted by molar-refractivity contribution is 0.0828. The summed E-state index contributed by atoms with van der Waals surface area (Å²) in [5.41, 5.74) is 0.477. The molecule has 1 saturated carbocycles. The molecule has 0 saturated heterocycles. The molecule has 0 aliphatic heterocycles. The maximum atomic E-state index is 5.81. The zero-order chi connectivity index (χ0) is 14.0. The minimum atomic E-state index is 0.477. The molecular weight excluding hydrogens is 234 g/mol. The fourth-order valence-electron chi connectivity index (χ4n) is 2.62. The second-order valence-corrected chi connectivity index (χ2v) is 6.33. The highest BCUT2D eigenvalue weighted by atomic mass is 16.5. The number of ether oxygens (including phenoxy) is 1. The monoisotopic (exact) mass is 269 g/mol. The van der Waals surface area contributed by atoms with Crippen LogP contribution in [0.4, 0.5) is 0 Å². The van der Waals surface area contributed by atoms with E-state index in [1.165, 1.54) is 64.3 Å². The van der Waals surface area contributed by atoms with E-state index in [4.69, 9.17) is 4.74 Å². The van der Waals surface area contributed by atoms with Crippen molar-refractivity contribution in [2.24, 2.45) is 5.41 Å². The second kappa shape index (κ2) is 9.77. The van der Waals surface area contributed by atoms with Crippen LogP contribution in [-0.2, 0) is 4.74 Å². The lowest BCUT2D eigenvalue weighted by Crippen LogP contribution is -2.36. The van der Waals surface area contributed by atoms with E-state index in [1.54, 1.807) is 0 Å². The van der Waals surface area contributed by atoms with Crippen molar-refractivity contribution in [3.05, 3.63) is 0 Å². The van der Waals surface area contributed by atoms with Crippen LogP contribution in [0.25, 0.3) is 0 Å². The Labute approximate surface area is 120 Å². The molecule has 0 bridgehead atoms. The van der Waals surface area contributed by atoms with Crippen LogP contribution in [0.15, 0.2) is 0 Å². The van der Waals surface area contributed by atoms with Crippen molar-refractivity contribution >= 4 is 0 Å². The molecule has 0 spiro atoms. The molecule has 1 atom stereocenters. The summed E-state index contributed by atoms with van der Waals surface area (Å²) >= 11 is 0. The van der Waals surface area contributed by atoms with Gasteiger partial charge in [0, 0.05) is 25.8 Å². The molecule has 1 unspecified atom stereocenters. The van der Waals surface area contributed by atoms with Gasteiger partial charge in [-0.05, 0) is 43.9 Å². The first-order valence-electron chi connectivity index (χ1n) is 8.57. The fourth-order valence-corrected chi connectivity index (χ4v) is 2.62. The lowest BCUT2D eigenvalue weighted by Gasteiger charge is -2.33. The third-order valence-electron chi connectivity index (χ3n) is 4.57. The first-order chi connectivity index (χ1) is 9.26. The number of hydrogen-bond acceptors (Lipinski definition) is 2. The molecule has 0 heterocycles. The highest BCUT2D eigenvalue weighted by Gasteiger charge is 2.30.